The molecule has 6 fully saturated rings. The molecule has 15 nitrogen and oxygen atoms in total. The molecule has 7 aliphatic rings. The summed E-state index contributed by atoms with van der Waals surface area (Å²) in [4.78, 5) is 40.8. The summed E-state index contributed by atoms with van der Waals surface area (Å²) in [5, 5.41) is 87.5. The van der Waals surface area contributed by atoms with Crippen molar-refractivity contribution in [3.8, 4) is 0 Å². The molecule has 7 rings (SSSR count). The van der Waals surface area contributed by atoms with E-state index in [9.17, 15) is 55.2 Å². The van der Waals surface area contributed by atoms with Crippen LogP contribution in [-0.4, -0.2) is 138 Å². The molecule has 19 atom stereocenters. The molecule has 4 saturated carbocycles. The number of carboxylic acids is 1. The van der Waals surface area contributed by atoms with E-state index in [-0.39, 0.29) is 54.0 Å². The van der Waals surface area contributed by atoms with E-state index in [1.54, 1.807) is 0 Å². The number of rotatable bonds is 5. The number of carbonyl (C=O) groups is 3. The number of ketones is 2. The zero-order chi connectivity index (χ0) is 41.5. The molecule has 2 saturated heterocycles. The number of carboxylic acid groups (broad SMARTS) is 1. The molecule has 0 aromatic rings. The summed E-state index contributed by atoms with van der Waals surface area (Å²) in [6.45, 7) is 15.5. The summed E-state index contributed by atoms with van der Waals surface area (Å²) in [5.41, 5.74) is -3.90. The predicted molar refractivity (Wildman–Crippen MR) is 194 cm³/mol. The Morgan fingerprint density at radius 2 is 1.46 bits per heavy atom. The number of hydrogen-bond donors (Lipinski definition) is 8. The van der Waals surface area contributed by atoms with Crippen molar-refractivity contribution in [3.63, 3.8) is 0 Å². The lowest BCUT2D eigenvalue weighted by molar-refractivity contribution is -0.369. The van der Waals surface area contributed by atoms with Gasteiger partial charge >= 0.3 is 5.97 Å². The highest BCUT2D eigenvalue weighted by molar-refractivity contribution is 5.91. The normalized spacial score (nSPS) is 53.8. The molecule has 15 heteroatoms. The smallest absolute Gasteiger partial charge is 0.335 e. The Balaban J connectivity index is 1.21. The van der Waals surface area contributed by atoms with Crippen molar-refractivity contribution in [3.05, 3.63) is 11.6 Å². The molecule has 0 bridgehead atoms. The first-order valence-corrected chi connectivity index (χ1v) is 20.2. The minimum Gasteiger partial charge on any atom is -0.479 e. The Labute approximate surface area is 327 Å². The second kappa shape index (κ2) is 13.6. The maximum atomic E-state index is 14.6. The van der Waals surface area contributed by atoms with Crippen molar-refractivity contribution in [2.75, 3.05) is 0 Å². The van der Waals surface area contributed by atoms with Crippen LogP contribution in [0.2, 0.25) is 0 Å². The van der Waals surface area contributed by atoms with Gasteiger partial charge in [0.15, 0.2) is 30.3 Å². The van der Waals surface area contributed by atoms with Crippen LogP contribution in [0.15, 0.2) is 11.6 Å². The summed E-state index contributed by atoms with van der Waals surface area (Å²) < 4.78 is 23.5. The lowest BCUT2D eigenvalue weighted by atomic mass is 9.33. The average Bonchev–Trinajstić information content (AvgIpc) is 3.10. The van der Waals surface area contributed by atoms with Crippen LogP contribution in [0.4, 0.5) is 0 Å². The third-order valence-electron chi connectivity index (χ3n) is 16.3. The quantitative estimate of drug-likeness (QED) is 0.143. The van der Waals surface area contributed by atoms with Crippen molar-refractivity contribution in [1.82, 2.24) is 0 Å². The van der Waals surface area contributed by atoms with E-state index in [0.29, 0.717) is 19.3 Å². The largest absolute Gasteiger partial charge is 0.479 e. The average molecular weight is 795 g/mol. The summed E-state index contributed by atoms with van der Waals surface area (Å²) >= 11 is 0. The van der Waals surface area contributed by atoms with Crippen molar-refractivity contribution >= 4 is 17.5 Å². The number of Topliss-reactive ketones (excluding diaryl/α,β-unsaturated/α-hetero) is 2. The first-order chi connectivity index (χ1) is 25.8. The number of hydrogen-bond acceptors (Lipinski definition) is 14. The van der Waals surface area contributed by atoms with Crippen molar-refractivity contribution in [1.29, 1.82) is 0 Å². The van der Waals surface area contributed by atoms with E-state index in [1.165, 1.54) is 6.92 Å². The first-order valence-electron chi connectivity index (χ1n) is 20.2. The fourth-order valence-corrected chi connectivity index (χ4v) is 12.9. The van der Waals surface area contributed by atoms with Gasteiger partial charge in [-0.25, -0.2) is 4.79 Å². The van der Waals surface area contributed by atoms with Gasteiger partial charge in [0.25, 0.3) is 0 Å². The summed E-state index contributed by atoms with van der Waals surface area (Å²) in [7, 11) is 0. The monoisotopic (exact) mass is 794 g/mol. The highest BCUT2D eigenvalue weighted by Gasteiger charge is 2.73. The van der Waals surface area contributed by atoms with E-state index in [1.807, 2.05) is 27.7 Å². The van der Waals surface area contributed by atoms with Gasteiger partial charge in [-0.2, -0.15) is 0 Å². The van der Waals surface area contributed by atoms with Crippen molar-refractivity contribution in [2.45, 2.75) is 180 Å². The van der Waals surface area contributed by atoms with E-state index in [0.717, 1.165) is 12.0 Å². The van der Waals surface area contributed by atoms with Gasteiger partial charge in [-0.3, -0.25) is 9.59 Å². The standard InChI is InChI=1S/C41H62O15/c1-17-25(45)26(46)29(49)34(53-17)55-31-28(48)27(47)30(33(50)51)54-35(31)56-32-20(42)15-38(6)21-10-9-18-19-14-36(2,3)11-12-41(19,52)24(44)16-39(18,7)40(21,8)23(43)13-22(38)37(32,4)5/h9,17,19,21-23,25-32,34-35,43,45-49,52H,10-16H2,1-8H3,(H,50,51)/t17-,19+,21+,22-,23-,25-,26-,27-,28-,29+,30-,31+,32-,34-,35-,38+,39+,40-,41+/m0/s1. The zero-order valence-corrected chi connectivity index (χ0v) is 33.6. The van der Waals surface area contributed by atoms with Gasteiger partial charge in [-0.05, 0) is 61.7 Å². The van der Waals surface area contributed by atoms with E-state index in [2.05, 4.69) is 26.8 Å². The molecular weight excluding hydrogens is 732 g/mol. The Morgan fingerprint density at radius 3 is 2.11 bits per heavy atom. The van der Waals surface area contributed by atoms with Crippen LogP contribution >= 0.6 is 0 Å². The number of allylic oxidation sites excluding steroid dienone is 1. The van der Waals surface area contributed by atoms with Crippen LogP contribution in [0.5, 0.6) is 0 Å². The van der Waals surface area contributed by atoms with E-state index >= 15 is 0 Å². The molecule has 316 valence electrons. The Kier molecular flexibility index (Phi) is 10.2. The molecule has 2 heterocycles. The third kappa shape index (κ3) is 5.88. The van der Waals surface area contributed by atoms with Gasteiger partial charge in [-0.1, -0.05) is 60.1 Å². The van der Waals surface area contributed by atoms with Gasteiger partial charge in [-0.15, -0.1) is 0 Å². The number of aliphatic carboxylic acids is 1. The Bertz CT molecular complexity index is 1650. The van der Waals surface area contributed by atoms with E-state index < -0.39 is 107 Å². The Morgan fingerprint density at radius 1 is 0.804 bits per heavy atom. The molecule has 0 spiro atoms. The second-order valence-electron chi connectivity index (χ2n) is 20.3. The molecule has 0 aromatic heterocycles. The fourth-order valence-electron chi connectivity index (χ4n) is 12.9. The molecule has 8 N–H and O–H groups in total. The fraction of sp³-hybridized carbons (Fsp3) is 0.878. The molecule has 0 amide bonds. The van der Waals surface area contributed by atoms with Gasteiger partial charge < -0.3 is 59.8 Å². The number of fused-ring (bicyclic) bond motifs is 7. The molecule has 0 unspecified atom stereocenters. The van der Waals surface area contributed by atoms with Gasteiger partial charge in [0.05, 0.1) is 12.2 Å². The summed E-state index contributed by atoms with van der Waals surface area (Å²) in [6.07, 6.45) is -14.7. The molecule has 0 aromatic carbocycles. The molecular formula is C41H62O15. The predicted octanol–water partition coefficient (Wildman–Crippen LogP) is 0.991. The van der Waals surface area contributed by atoms with Crippen LogP contribution in [0, 0.1) is 44.8 Å². The number of ether oxygens (including phenoxy) is 4. The van der Waals surface area contributed by atoms with Crippen LogP contribution in [0.25, 0.3) is 0 Å². The van der Waals surface area contributed by atoms with Crippen LogP contribution in [0.3, 0.4) is 0 Å². The van der Waals surface area contributed by atoms with Gasteiger partial charge in [0.1, 0.15) is 48.3 Å². The minimum absolute atomic E-state index is 0.00413. The van der Waals surface area contributed by atoms with Crippen LogP contribution in [-0.2, 0) is 33.3 Å². The lowest BCUT2D eigenvalue weighted by Gasteiger charge is -2.71. The third-order valence-corrected chi connectivity index (χ3v) is 16.3. The van der Waals surface area contributed by atoms with E-state index in [4.69, 9.17) is 18.9 Å². The van der Waals surface area contributed by atoms with Crippen molar-refractivity contribution in [2.24, 2.45) is 44.8 Å². The summed E-state index contributed by atoms with van der Waals surface area (Å²) in [6, 6.07) is 0. The number of carbonyl (C=O) groups excluding carboxylic acids is 2. The SMILES string of the molecule is C[C@@H]1O[C@@H](O[C@H]2[C@H](O[C@H]3C(=O)C[C@]4(C)[C@H]5CC=C6[C@H]7CC(C)(C)CC[C@]7(O)C(=O)C[C@@]6(C)[C@]5(C)[C@@H](O)C[C@H]4C3(C)C)O[C@H](C(=O)O)[C@@H](O)[C@@H]2O)[C@H](O)[C@@H](O)[C@H]1O. The molecule has 56 heavy (non-hydrogen) atoms. The highest BCUT2D eigenvalue weighted by Crippen LogP contribution is 2.74. The molecule has 2 aliphatic heterocycles. The van der Waals surface area contributed by atoms with Crippen molar-refractivity contribution < 1.29 is 74.2 Å². The maximum absolute atomic E-state index is 14.6. The molecule has 5 aliphatic carbocycles. The van der Waals surface area contributed by atoms with Crippen LogP contribution < -0.4 is 0 Å². The highest BCUT2D eigenvalue weighted by atomic mass is 16.8. The molecule has 0 radical (unpaired) electrons. The maximum Gasteiger partial charge on any atom is 0.335 e. The van der Waals surface area contributed by atoms with Gasteiger partial charge in [0, 0.05) is 35.0 Å². The first kappa shape index (κ1) is 42.2. The lowest BCUT2D eigenvalue weighted by Crippen LogP contribution is -2.72. The summed E-state index contributed by atoms with van der Waals surface area (Å²) in [5.74, 6) is -3.15. The zero-order valence-electron chi connectivity index (χ0n) is 33.6. The minimum atomic E-state index is -2.02. The second-order valence-corrected chi connectivity index (χ2v) is 20.3. The number of aliphatic hydroxyl groups excluding tert-OH is 6. The van der Waals surface area contributed by atoms with Gasteiger partial charge in [0.2, 0.25) is 0 Å². The number of aliphatic hydroxyl groups is 7. The van der Waals surface area contributed by atoms with Crippen LogP contribution in [0.1, 0.15) is 100 Å². The topological polar surface area (TPSA) is 250 Å². The Hall–Kier alpha value is -1.89.